The number of aryl methyl sites for hydroxylation is 1. The molecule has 0 aromatic heterocycles. The Morgan fingerprint density at radius 1 is 0.950 bits per heavy atom. The third-order valence-electron chi connectivity index (χ3n) is 2.99. The van der Waals surface area contributed by atoms with Gasteiger partial charge in [-0.15, -0.1) is 0 Å². The average Bonchev–Trinajstić information content (AvgIpc) is 2.45. The number of sulfone groups is 1. The third-order valence-corrected chi connectivity index (χ3v) is 6.01. The molecule has 0 aliphatic rings. The second kappa shape index (κ2) is 6.95. The summed E-state index contributed by atoms with van der Waals surface area (Å²) in [6, 6.07) is 17.1. The lowest BCUT2D eigenvalue weighted by molar-refractivity contribution is 0.597. The lowest BCUT2D eigenvalue weighted by atomic mass is 10.2. The Labute approximate surface area is 125 Å². The Balaban J connectivity index is 1.85. The van der Waals surface area contributed by atoms with Gasteiger partial charge >= 0.3 is 0 Å². The molecule has 0 aliphatic heterocycles. The van der Waals surface area contributed by atoms with Crippen molar-refractivity contribution in [2.75, 3.05) is 11.5 Å². The highest BCUT2D eigenvalue weighted by atomic mass is 32.2. The van der Waals surface area contributed by atoms with Gasteiger partial charge in [-0.2, -0.15) is 11.8 Å². The van der Waals surface area contributed by atoms with Crippen LogP contribution < -0.4 is 0 Å². The molecule has 0 N–H and O–H groups in total. The predicted octanol–water partition coefficient (Wildman–Crippen LogP) is 3.70. The van der Waals surface area contributed by atoms with Crippen molar-refractivity contribution in [2.24, 2.45) is 0 Å². The van der Waals surface area contributed by atoms with E-state index in [1.807, 2.05) is 37.3 Å². The molecule has 2 aromatic carbocycles. The molecule has 2 aromatic rings. The van der Waals surface area contributed by atoms with E-state index in [1.54, 1.807) is 23.9 Å². The Morgan fingerprint density at radius 2 is 1.60 bits per heavy atom. The number of benzene rings is 2. The molecular weight excluding hydrogens is 288 g/mol. The van der Waals surface area contributed by atoms with E-state index in [4.69, 9.17) is 0 Å². The summed E-state index contributed by atoms with van der Waals surface area (Å²) in [7, 11) is -3.15. The lowest BCUT2D eigenvalue weighted by Crippen LogP contribution is -2.09. The van der Waals surface area contributed by atoms with Gasteiger partial charge in [0.15, 0.2) is 9.84 Å². The molecule has 0 fully saturated rings. The highest BCUT2D eigenvalue weighted by molar-refractivity contribution is 8.00. The first-order chi connectivity index (χ1) is 9.58. The van der Waals surface area contributed by atoms with Crippen LogP contribution in [0.4, 0.5) is 0 Å². The SMILES string of the molecule is Cc1ccc(S(=O)(=O)CCSCc2ccccc2)cc1. The van der Waals surface area contributed by atoms with Gasteiger partial charge in [-0.05, 0) is 24.6 Å². The first-order valence-electron chi connectivity index (χ1n) is 6.49. The summed E-state index contributed by atoms with van der Waals surface area (Å²) in [6.45, 7) is 1.95. The molecule has 0 heterocycles. The van der Waals surface area contributed by atoms with E-state index in [9.17, 15) is 8.42 Å². The maximum atomic E-state index is 12.1. The Bertz CT molecular complexity index is 632. The smallest absolute Gasteiger partial charge is 0.179 e. The van der Waals surface area contributed by atoms with Crippen LogP contribution in [-0.2, 0) is 15.6 Å². The van der Waals surface area contributed by atoms with Crippen molar-refractivity contribution >= 4 is 21.6 Å². The van der Waals surface area contributed by atoms with Crippen molar-refractivity contribution in [3.05, 3.63) is 65.7 Å². The van der Waals surface area contributed by atoms with Crippen LogP contribution in [0.5, 0.6) is 0 Å². The van der Waals surface area contributed by atoms with Gasteiger partial charge in [-0.25, -0.2) is 8.42 Å². The summed E-state index contributed by atoms with van der Waals surface area (Å²) in [5.41, 5.74) is 2.30. The van der Waals surface area contributed by atoms with Crippen LogP contribution in [0.25, 0.3) is 0 Å². The van der Waals surface area contributed by atoms with Gasteiger partial charge in [0.1, 0.15) is 0 Å². The maximum Gasteiger partial charge on any atom is 0.179 e. The minimum Gasteiger partial charge on any atom is -0.224 e. The second-order valence-corrected chi connectivity index (χ2v) is 7.88. The minimum atomic E-state index is -3.15. The summed E-state index contributed by atoms with van der Waals surface area (Å²) < 4.78 is 24.3. The van der Waals surface area contributed by atoms with E-state index in [2.05, 4.69) is 12.1 Å². The van der Waals surface area contributed by atoms with Crippen LogP contribution >= 0.6 is 11.8 Å². The van der Waals surface area contributed by atoms with Gasteiger partial charge in [-0.3, -0.25) is 0 Å². The van der Waals surface area contributed by atoms with Crippen LogP contribution in [0.3, 0.4) is 0 Å². The molecule has 106 valence electrons. The zero-order valence-corrected chi connectivity index (χ0v) is 13.1. The first kappa shape index (κ1) is 15.1. The van der Waals surface area contributed by atoms with Gasteiger partial charge in [0.2, 0.25) is 0 Å². The molecule has 2 nitrogen and oxygen atoms in total. The van der Waals surface area contributed by atoms with Gasteiger partial charge < -0.3 is 0 Å². The van der Waals surface area contributed by atoms with Gasteiger partial charge in [0, 0.05) is 11.5 Å². The van der Waals surface area contributed by atoms with Gasteiger partial charge in [0.05, 0.1) is 10.6 Å². The maximum absolute atomic E-state index is 12.1. The van der Waals surface area contributed by atoms with Crippen LogP contribution in [0.1, 0.15) is 11.1 Å². The monoisotopic (exact) mass is 306 g/mol. The molecule has 0 unspecified atom stereocenters. The highest BCUT2D eigenvalue weighted by Crippen LogP contribution is 2.16. The molecule has 0 aliphatic carbocycles. The fraction of sp³-hybridized carbons (Fsp3) is 0.250. The fourth-order valence-corrected chi connectivity index (χ4v) is 4.50. The van der Waals surface area contributed by atoms with E-state index < -0.39 is 9.84 Å². The fourth-order valence-electron chi connectivity index (χ4n) is 1.80. The van der Waals surface area contributed by atoms with Crippen molar-refractivity contribution < 1.29 is 8.42 Å². The summed E-state index contributed by atoms with van der Waals surface area (Å²) >= 11 is 1.65. The van der Waals surface area contributed by atoms with Crippen LogP contribution in [0.15, 0.2) is 59.5 Å². The van der Waals surface area contributed by atoms with Crippen molar-refractivity contribution in [2.45, 2.75) is 17.6 Å². The minimum absolute atomic E-state index is 0.188. The molecule has 2 rings (SSSR count). The number of hydrogen-bond donors (Lipinski definition) is 0. The van der Waals surface area contributed by atoms with E-state index in [-0.39, 0.29) is 5.75 Å². The average molecular weight is 306 g/mol. The van der Waals surface area contributed by atoms with E-state index in [0.717, 1.165) is 11.3 Å². The van der Waals surface area contributed by atoms with Gasteiger partial charge in [0.25, 0.3) is 0 Å². The summed E-state index contributed by atoms with van der Waals surface area (Å²) in [5, 5.41) is 0. The van der Waals surface area contributed by atoms with Crippen molar-refractivity contribution in [1.82, 2.24) is 0 Å². The van der Waals surface area contributed by atoms with E-state index in [1.165, 1.54) is 5.56 Å². The third kappa shape index (κ3) is 4.39. The largest absolute Gasteiger partial charge is 0.224 e. The normalized spacial score (nSPS) is 11.4. The molecule has 0 atom stereocenters. The molecular formula is C16H18O2S2. The second-order valence-electron chi connectivity index (χ2n) is 4.67. The standard InChI is InChI=1S/C16H18O2S2/c1-14-7-9-16(10-8-14)20(17,18)12-11-19-13-15-5-3-2-4-6-15/h2-10H,11-13H2,1H3. The van der Waals surface area contributed by atoms with Crippen molar-refractivity contribution in [1.29, 1.82) is 0 Å². The van der Waals surface area contributed by atoms with Crippen molar-refractivity contribution in [3.63, 3.8) is 0 Å². The van der Waals surface area contributed by atoms with Gasteiger partial charge in [-0.1, -0.05) is 48.0 Å². The topological polar surface area (TPSA) is 34.1 Å². The molecule has 20 heavy (non-hydrogen) atoms. The van der Waals surface area contributed by atoms with Crippen LogP contribution in [-0.4, -0.2) is 19.9 Å². The molecule has 0 spiro atoms. The summed E-state index contributed by atoms with van der Waals surface area (Å²) in [5.74, 6) is 1.66. The first-order valence-corrected chi connectivity index (χ1v) is 9.30. The quantitative estimate of drug-likeness (QED) is 0.763. The Morgan fingerprint density at radius 3 is 2.25 bits per heavy atom. The molecule has 0 amide bonds. The number of rotatable bonds is 6. The predicted molar refractivity (Wildman–Crippen MR) is 85.8 cm³/mol. The molecule has 0 radical (unpaired) electrons. The zero-order valence-electron chi connectivity index (χ0n) is 11.5. The number of thioether (sulfide) groups is 1. The van der Waals surface area contributed by atoms with E-state index >= 15 is 0 Å². The van der Waals surface area contributed by atoms with Crippen LogP contribution in [0.2, 0.25) is 0 Å². The lowest BCUT2D eigenvalue weighted by Gasteiger charge is -2.05. The molecule has 0 bridgehead atoms. The summed E-state index contributed by atoms with van der Waals surface area (Å²) in [4.78, 5) is 0.420. The highest BCUT2D eigenvalue weighted by Gasteiger charge is 2.13. The molecule has 4 heteroatoms. The Hall–Kier alpha value is -1.26. The Kier molecular flexibility index (Phi) is 5.26. The van der Waals surface area contributed by atoms with E-state index in [0.29, 0.717) is 10.6 Å². The number of hydrogen-bond acceptors (Lipinski definition) is 3. The molecule has 0 saturated carbocycles. The van der Waals surface area contributed by atoms with Crippen molar-refractivity contribution in [3.8, 4) is 0 Å². The zero-order chi connectivity index (χ0) is 14.4. The summed E-state index contributed by atoms with van der Waals surface area (Å²) in [6.07, 6.45) is 0. The van der Waals surface area contributed by atoms with Crippen LogP contribution in [0, 0.1) is 6.92 Å². The molecule has 0 saturated heterocycles.